The summed E-state index contributed by atoms with van der Waals surface area (Å²) < 4.78 is 21.0. The molecular formula is C24H15BrI3NO4. The number of ether oxygens (including phenoxy) is 3. The van der Waals surface area contributed by atoms with Gasteiger partial charge in [-0.15, -0.1) is 0 Å². The number of benzene rings is 3. The minimum absolute atomic E-state index is 0.227. The molecule has 0 aromatic heterocycles. The Morgan fingerprint density at radius 2 is 1.82 bits per heavy atom. The number of halogens is 4. The minimum atomic E-state index is -0.493. The lowest BCUT2D eigenvalue weighted by Gasteiger charge is -2.14. The van der Waals surface area contributed by atoms with Crippen LogP contribution >= 0.6 is 83.7 Å². The molecule has 0 radical (unpaired) electrons. The molecule has 168 valence electrons. The molecule has 3 aromatic carbocycles. The van der Waals surface area contributed by atoms with Crippen molar-refractivity contribution in [1.82, 2.24) is 0 Å². The van der Waals surface area contributed by atoms with Gasteiger partial charge >= 0.3 is 5.97 Å². The Balaban J connectivity index is 1.60. The third kappa shape index (κ3) is 5.90. The molecule has 0 unspecified atom stereocenters. The molecule has 0 bridgehead atoms. The van der Waals surface area contributed by atoms with Gasteiger partial charge in [0.15, 0.2) is 17.2 Å². The molecule has 33 heavy (non-hydrogen) atoms. The van der Waals surface area contributed by atoms with Crippen LogP contribution in [-0.4, -0.2) is 19.0 Å². The number of esters is 1. The number of methoxy groups -OCH3 is 1. The predicted molar refractivity (Wildman–Crippen MR) is 157 cm³/mol. The molecule has 4 rings (SSSR count). The fourth-order valence-electron chi connectivity index (χ4n) is 3.05. The Morgan fingerprint density at radius 3 is 2.55 bits per heavy atom. The largest absolute Gasteiger partial charge is 0.493 e. The first kappa shape index (κ1) is 24.9. The SMILES string of the molecule is COc1cc(/C=C2\N=C(c3ccc(I)c(Br)c3)OC2=O)cc(I)c1OCc1ccccc1I. The molecule has 0 saturated heterocycles. The fraction of sp³-hybridized carbons (Fsp3) is 0.0833. The van der Waals surface area contributed by atoms with Gasteiger partial charge in [-0.05, 0) is 132 Å². The average molecular weight is 842 g/mol. The van der Waals surface area contributed by atoms with E-state index in [0.717, 1.165) is 31.9 Å². The summed E-state index contributed by atoms with van der Waals surface area (Å²) in [6, 6.07) is 17.5. The van der Waals surface area contributed by atoms with Crippen molar-refractivity contribution in [2.24, 2.45) is 4.99 Å². The van der Waals surface area contributed by atoms with Gasteiger partial charge in [0.1, 0.15) is 6.61 Å². The highest BCUT2D eigenvalue weighted by atomic mass is 127. The molecular weight excluding hydrogens is 827 g/mol. The molecule has 0 N–H and O–H groups in total. The van der Waals surface area contributed by atoms with Crippen LogP contribution in [0, 0.1) is 10.7 Å². The van der Waals surface area contributed by atoms with Gasteiger partial charge in [-0.3, -0.25) is 0 Å². The quantitative estimate of drug-likeness (QED) is 0.150. The van der Waals surface area contributed by atoms with Gasteiger partial charge in [-0.2, -0.15) is 0 Å². The maximum atomic E-state index is 12.4. The standard InChI is InChI=1S/C24H15BrI3NO4/c1-31-21-10-13(8-19(28)22(21)32-12-15-4-2-3-5-17(15)26)9-20-24(30)33-23(29-20)14-6-7-18(27)16(25)11-14/h2-11H,12H2,1H3/b20-9-. The van der Waals surface area contributed by atoms with Gasteiger partial charge in [-0.1, -0.05) is 18.2 Å². The van der Waals surface area contributed by atoms with Gasteiger partial charge < -0.3 is 14.2 Å². The molecule has 1 heterocycles. The maximum absolute atomic E-state index is 12.4. The summed E-state index contributed by atoms with van der Waals surface area (Å²) in [5.41, 5.74) is 2.81. The highest BCUT2D eigenvalue weighted by Gasteiger charge is 2.25. The minimum Gasteiger partial charge on any atom is -0.493 e. The highest BCUT2D eigenvalue weighted by molar-refractivity contribution is 14.1. The van der Waals surface area contributed by atoms with E-state index in [1.807, 2.05) is 54.6 Å². The normalized spacial score (nSPS) is 14.3. The number of aliphatic imine (C=N–C) groups is 1. The summed E-state index contributed by atoms with van der Waals surface area (Å²) in [7, 11) is 1.59. The molecule has 1 aliphatic rings. The summed E-state index contributed by atoms with van der Waals surface area (Å²) in [6.07, 6.45) is 1.69. The van der Waals surface area contributed by atoms with E-state index >= 15 is 0 Å². The fourth-order valence-corrected chi connectivity index (χ4v) is 5.09. The topological polar surface area (TPSA) is 57.1 Å². The Morgan fingerprint density at radius 1 is 1.03 bits per heavy atom. The second-order valence-corrected chi connectivity index (χ2v) is 11.2. The first-order chi connectivity index (χ1) is 15.9. The summed E-state index contributed by atoms with van der Waals surface area (Å²) >= 11 is 10.2. The van der Waals surface area contributed by atoms with Crippen LogP contribution in [-0.2, 0) is 16.1 Å². The number of cyclic esters (lactones) is 1. The van der Waals surface area contributed by atoms with E-state index < -0.39 is 5.97 Å². The summed E-state index contributed by atoms with van der Waals surface area (Å²) in [6.45, 7) is 0.428. The number of hydrogen-bond acceptors (Lipinski definition) is 5. The van der Waals surface area contributed by atoms with E-state index in [1.165, 1.54) is 0 Å². The van der Waals surface area contributed by atoms with Crippen molar-refractivity contribution < 1.29 is 19.0 Å². The van der Waals surface area contributed by atoms with Crippen LogP contribution in [0.15, 0.2) is 69.8 Å². The maximum Gasteiger partial charge on any atom is 0.363 e. The van der Waals surface area contributed by atoms with Crippen LogP contribution in [0.4, 0.5) is 0 Å². The molecule has 0 atom stereocenters. The van der Waals surface area contributed by atoms with Crippen LogP contribution in [0.25, 0.3) is 6.08 Å². The molecule has 0 aliphatic carbocycles. The third-order valence-electron chi connectivity index (χ3n) is 4.67. The molecule has 0 saturated carbocycles. The van der Waals surface area contributed by atoms with Crippen LogP contribution in [0.5, 0.6) is 11.5 Å². The van der Waals surface area contributed by atoms with Gasteiger partial charge in [0, 0.05) is 22.7 Å². The Labute approximate surface area is 240 Å². The monoisotopic (exact) mass is 841 g/mol. The number of rotatable bonds is 6. The van der Waals surface area contributed by atoms with E-state index in [1.54, 1.807) is 13.2 Å². The number of carbonyl (C=O) groups is 1. The van der Waals surface area contributed by atoms with Crippen LogP contribution in [0.2, 0.25) is 0 Å². The lowest BCUT2D eigenvalue weighted by molar-refractivity contribution is -0.129. The van der Waals surface area contributed by atoms with Crippen molar-refractivity contribution in [3.8, 4) is 11.5 Å². The average Bonchev–Trinajstić information content (AvgIpc) is 3.15. The van der Waals surface area contributed by atoms with Gasteiger partial charge in [0.2, 0.25) is 5.90 Å². The first-order valence-corrected chi connectivity index (χ1v) is 13.6. The van der Waals surface area contributed by atoms with Crippen LogP contribution < -0.4 is 9.47 Å². The zero-order chi connectivity index (χ0) is 23.5. The van der Waals surface area contributed by atoms with Gasteiger partial charge in [0.05, 0.1) is 10.7 Å². The third-order valence-corrected chi connectivity index (χ3v) is 8.86. The van der Waals surface area contributed by atoms with Crippen molar-refractivity contribution in [3.63, 3.8) is 0 Å². The summed E-state index contributed by atoms with van der Waals surface area (Å²) in [5.74, 6) is 1.02. The number of nitrogens with zero attached hydrogens (tertiary/aromatic N) is 1. The molecule has 3 aromatic rings. The van der Waals surface area contributed by atoms with Gasteiger partial charge in [0.25, 0.3) is 0 Å². The lowest BCUT2D eigenvalue weighted by Crippen LogP contribution is -2.05. The van der Waals surface area contributed by atoms with Crippen LogP contribution in [0.3, 0.4) is 0 Å². The second kappa shape index (κ2) is 11.0. The van der Waals surface area contributed by atoms with Crippen molar-refractivity contribution in [3.05, 3.63) is 92.2 Å². The summed E-state index contributed by atoms with van der Waals surface area (Å²) in [5, 5.41) is 0. The Kier molecular flexibility index (Phi) is 8.33. The molecule has 5 nitrogen and oxygen atoms in total. The molecule has 9 heteroatoms. The summed E-state index contributed by atoms with van der Waals surface area (Å²) in [4.78, 5) is 16.8. The number of hydrogen-bond donors (Lipinski definition) is 0. The van der Waals surface area contributed by atoms with E-state index in [-0.39, 0.29) is 11.6 Å². The Hall–Kier alpha value is -1.19. The lowest BCUT2D eigenvalue weighted by atomic mass is 10.1. The zero-order valence-electron chi connectivity index (χ0n) is 17.1. The number of carbonyl (C=O) groups excluding carboxylic acids is 1. The van der Waals surface area contributed by atoms with E-state index in [0.29, 0.717) is 18.1 Å². The van der Waals surface area contributed by atoms with Crippen LogP contribution in [0.1, 0.15) is 16.7 Å². The van der Waals surface area contributed by atoms with E-state index in [4.69, 9.17) is 14.2 Å². The Bertz CT molecular complexity index is 1310. The molecule has 1 aliphatic heterocycles. The molecule has 0 amide bonds. The van der Waals surface area contributed by atoms with Gasteiger partial charge in [-0.25, -0.2) is 9.79 Å². The molecule has 0 spiro atoms. The van der Waals surface area contributed by atoms with Crippen molar-refractivity contribution >= 4 is 102 Å². The second-order valence-electron chi connectivity index (χ2n) is 6.88. The smallest absolute Gasteiger partial charge is 0.363 e. The highest BCUT2D eigenvalue weighted by Crippen LogP contribution is 2.36. The van der Waals surface area contributed by atoms with Crippen molar-refractivity contribution in [1.29, 1.82) is 0 Å². The van der Waals surface area contributed by atoms with Crippen molar-refractivity contribution in [2.45, 2.75) is 6.61 Å². The van der Waals surface area contributed by atoms with E-state index in [2.05, 4.69) is 88.7 Å². The van der Waals surface area contributed by atoms with Crippen molar-refractivity contribution in [2.75, 3.05) is 7.11 Å². The van der Waals surface area contributed by atoms with E-state index in [9.17, 15) is 4.79 Å². The molecule has 0 fully saturated rings. The first-order valence-electron chi connectivity index (χ1n) is 9.57. The zero-order valence-corrected chi connectivity index (χ0v) is 25.1. The predicted octanol–water partition coefficient (Wildman–Crippen LogP) is 7.20.